The van der Waals surface area contributed by atoms with Crippen molar-refractivity contribution in [3.05, 3.63) is 97.0 Å². The summed E-state index contributed by atoms with van der Waals surface area (Å²) in [5.74, 6) is 0.844. The first-order valence-electron chi connectivity index (χ1n) is 10.2. The lowest BCUT2D eigenvalue weighted by Gasteiger charge is -2.12. The van der Waals surface area contributed by atoms with Gasteiger partial charge in [0.1, 0.15) is 6.26 Å². The largest absolute Gasteiger partial charge is 0.472 e. The van der Waals surface area contributed by atoms with Crippen LogP contribution < -0.4 is 5.32 Å². The number of rotatable bonds is 7. The molecule has 158 valence electrons. The van der Waals surface area contributed by atoms with Crippen molar-refractivity contribution in [2.24, 2.45) is 0 Å². The van der Waals surface area contributed by atoms with Crippen LogP contribution in [0, 0.1) is 0 Å². The summed E-state index contributed by atoms with van der Waals surface area (Å²) in [6, 6.07) is 25.8. The maximum absolute atomic E-state index is 12.5. The van der Waals surface area contributed by atoms with Crippen molar-refractivity contribution in [3.63, 3.8) is 0 Å². The molecule has 0 unspecified atom stereocenters. The molecule has 0 saturated carbocycles. The van der Waals surface area contributed by atoms with Crippen LogP contribution in [0.4, 0.5) is 5.69 Å². The third-order valence-electron chi connectivity index (χ3n) is 5.09. The molecule has 0 fully saturated rings. The number of hydrogen-bond acceptors (Lipinski definition) is 5. The number of thioether (sulfide) groups is 1. The molecular weight excluding hydrogens is 420 g/mol. The van der Waals surface area contributed by atoms with Crippen molar-refractivity contribution in [3.8, 4) is 11.4 Å². The van der Waals surface area contributed by atoms with Gasteiger partial charge in [0.2, 0.25) is 5.91 Å². The van der Waals surface area contributed by atoms with Crippen LogP contribution in [0.25, 0.3) is 22.2 Å². The highest BCUT2D eigenvalue weighted by atomic mass is 32.2. The van der Waals surface area contributed by atoms with E-state index in [0.29, 0.717) is 17.5 Å². The Morgan fingerprint density at radius 3 is 2.59 bits per heavy atom. The number of furan rings is 1. The van der Waals surface area contributed by atoms with Crippen LogP contribution in [0.15, 0.2) is 101 Å². The molecule has 2 aromatic heterocycles. The molecule has 3 aromatic carbocycles. The van der Waals surface area contributed by atoms with Crippen LogP contribution >= 0.6 is 11.8 Å². The average Bonchev–Trinajstić information content (AvgIpc) is 3.49. The van der Waals surface area contributed by atoms with E-state index in [-0.39, 0.29) is 11.7 Å². The molecule has 0 bridgehead atoms. The average molecular weight is 441 g/mol. The van der Waals surface area contributed by atoms with Crippen LogP contribution in [0.3, 0.4) is 0 Å². The maximum atomic E-state index is 12.5. The van der Waals surface area contributed by atoms with Gasteiger partial charge in [0.05, 0.1) is 24.1 Å². The fourth-order valence-corrected chi connectivity index (χ4v) is 4.33. The molecular formula is C25H20N4O2S. The Hall–Kier alpha value is -3.84. The molecule has 0 aliphatic heterocycles. The van der Waals surface area contributed by atoms with E-state index in [9.17, 15) is 4.79 Å². The predicted molar refractivity (Wildman–Crippen MR) is 127 cm³/mol. The lowest BCUT2D eigenvalue weighted by Crippen LogP contribution is -2.14. The van der Waals surface area contributed by atoms with E-state index < -0.39 is 0 Å². The zero-order valence-corrected chi connectivity index (χ0v) is 18.0. The second-order valence-corrected chi connectivity index (χ2v) is 8.19. The van der Waals surface area contributed by atoms with Crippen molar-refractivity contribution in [1.82, 2.24) is 14.8 Å². The fraction of sp³-hybridized carbons (Fsp3) is 0.0800. The van der Waals surface area contributed by atoms with Gasteiger partial charge in [0, 0.05) is 5.69 Å². The normalized spacial score (nSPS) is 11.0. The third-order valence-corrected chi connectivity index (χ3v) is 6.06. The van der Waals surface area contributed by atoms with Crippen molar-refractivity contribution in [2.75, 3.05) is 11.1 Å². The zero-order valence-electron chi connectivity index (χ0n) is 17.1. The van der Waals surface area contributed by atoms with Gasteiger partial charge in [-0.2, -0.15) is 0 Å². The highest BCUT2D eigenvalue weighted by Crippen LogP contribution is 2.28. The van der Waals surface area contributed by atoms with E-state index in [1.54, 1.807) is 12.5 Å². The molecule has 32 heavy (non-hydrogen) atoms. The molecule has 0 saturated heterocycles. The molecule has 0 atom stereocenters. The van der Waals surface area contributed by atoms with Gasteiger partial charge < -0.3 is 9.73 Å². The Morgan fingerprint density at radius 2 is 1.75 bits per heavy atom. The first-order valence-corrected chi connectivity index (χ1v) is 11.2. The summed E-state index contributed by atoms with van der Waals surface area (Å²) in [5.41, 5.74) is 2.77. The van der Waals surface area contributed by atoms with E-state index in [2.05, 4.69) is 45.8 Å². The molecule has 0 radical (unpaired) electrons. The molecule has 6 nitrogen and oxygen atoms in total. The van der Waals surface area contributed by atoms with Crippen LogP contribution in [0.1, 0.15) is 5.56 Å². The monoisotopic (exact) mass is 440 g/mol. The summed E-state index contributed by atoms with van der Waals surface area (Å²) < 4.78 is 7.30. The summed E-state index contributed by atoms with van der Waals surface area (Å²) in [5, 5.41) is 14.7. The van der Waals surface area contributed by atoms with Gasteiger partial charge in [-0.05, 0) is 34.5 Å². The number of carbonyl (C=O) groups excluding carboxylic acids is 1. The Kier molecular flexibility index (Phi) is 5.72. The minimum atomic E-state index is -0.0919. The molecule has 2 heterocycles. The van der Waals surface area contributed by atoms with Gasteiger partial charge in [-0.15, -0.1) is 10.2 Å². The molecule has 5 aromatic rings. The molecule has 0 aliphatic rings. The summed E-state index contributed by atoms with van der Waals surface area (Å²) in [7, 11) is 0. The van der Waals surface area contributed by atoms with Crippen LogP contribution in [0.2, 0.25) is 0 Å². The summed E-state index contributed by atoms with van der Waals surface area (Å²) in [6.07, 6.45) is 3.27. The third kappa shape index (κ3) is 4.29. The predicted octanol–water partition coefficient (Wildman–Crippen LogP) is 5.47. The molecule has 0 aliphatic carbocycles. The molecule has 5 rings (SSSR count). The highest BCUT2D eigenvalue weighted by Gasteiger charge is 2.17. The number of hydrogen-bond donors (Lipinski definition) is 1. The van der Waals surface area contributed by atoms with Gasteiger partial charge in [-0.1, -0.05) is 72.4 Å². The minimum Gasteiger partial charge on any atom is -0.472 e. The molecule has 7 heteroatoms. The van der Waals surface area contributed by atoms with E-state index in [1.165, 1.54) is 22.5 Å². The molecule has 0 spiro atoms. The van der Waals surface area contributed by atoms with E-state index in [4.69, 9.17) is 4.42 Å². The zero-order chi connectivity index (χ0) is 21.8. The highest BCUT2D eigenvalue weighted by molar-refractivity contribution is 7.99. The SMILES string of the molecule is O=C(CSc1nnc(-c2ccoc2)n1Cc1cccc2ccccc12)Nc1ccccc1. The smallest absolute Gasteiger partial charge is 0.234 e. The Labute approximate surface area is 189 Å². The van der Waals surface area contributed by atoms with Gasteiger partial charge in [0.25, 0.3) is 0 Å². The number of amides is 1. The quantitative estimate of drug-likeness (QED) is 0.340. The van der Waals surface area contributed by atoms with Crippen molar-refractivity contribution in [1.29, 1.82) is 0 Å². The van der Waals surface area contributed by atoms with Crippen LogP contribution in [-0.4, -0.2) is 26.4 Å². The number of carbonyl (C=O) groups is 1. The lowest BCUT2D eigenvalue weighted by molar-refractivity contribution is -0.113. The number of para-hydroxylation sites is 1. The number of nitrogens with zero attached hydrogens (tertiary/aromatic N) is 3. The maximum Gasteiger partial charge on any atom is 0.234 e. The van der Waals surface area contributed by atoms with Gasteiger partial charge >= 0.3 is 0 Å². The Bertz CT molecular complexity index is 1340. The lowest BCUT2D eigenvalue weighted by atomic mass is 10.0. The second kappa shape index (κ2) is 9.11. The first kappa shape index (κ1) is 20.1. The number of anilines is 1. The van der Waals surface area contributed by atoms with E-state index in [0.717, 1.165) is 16.8 Å². The van der Waals surface area contributed by atoms with Crippen molar-refractivity contribution >= 4 is 34.1 Å². The van der Waals surface area contributed by atoms with Gasteiger partial charge in [0.15, 0.2) is 11.0 Å². The number of aromatic nitrogens is 3. The molecule has 1 amide bonds. The first-order chi connectivity index (χ1) is 15.8. The van der Waals surface area contributed by atoms with Gasteiger partial charge in [-0.25, -0.2) is 0 Å². The summed E-state index contributed by atoms with van der Waals surface area (Å²) in [6.45, 7) is 0.581. The topological polar surface area (TPSA) is 73.0 Å². The summed E-state index contributed by atoms with van der Waals surface area (Å²) >= 11 is 1.36. The second-order valence-electron chi connectivity index (χ2n) is 7.25. The summed E-state index contributed by atoms with van der Waals surface area (Å²) in [4.78, 5) is 12.5. The Morgan fingerprint density at radius 1 is 0.938 bits per heavy atom. The van der Waals surface area contributed by atoms with Crippen molar-refractivity contribution < 1.29 is 9.21 Å². The number of fused-ring (bicyclic) bond motifs is 1. The number of benzene rings is 3. The van der Waals surface area contributed by atoms with Crippen molar-refractivity contribution in [2.45, 2.75) is 11.7 Å². The Balaban J connectivity index is 1.43. The molecule has 1 N–H and O–H groups in total. The van der Waals surface area contributed by atoms with E-state index in [1.807, 2.05) is 53.1 Å². The van der Waals surface area contributed by atoms with Gasteiger partial charge in [-0.3, -0.25) is 9.36 Å². The number of nitrogens with one attached hydrogen (secondary N) is 1. The van der Waals surface area contributed by atoms with Crippen LogP contribution in [0.5, 0.6) is 0 Å². The van der Waals surface area contributed by atoms with E-state index >= 15 is 0 Å². The fourth-order valence-electron chi connectivity index (χ4n) is 3.59. The minimum absolute atomic E-state index is 0.0919. The standard InChI is InChI=1S/C25H20N4O2S/c30-23(26-21-10-2-1-3-11-21)17-32-25-28-27-24(20-13-14-31-16-20)29(25)15-19-9-6-8-18-7-4-5-12-22(18)19/h1-14,16H,15,17H2,(H,26,30). The van der Waals surface area contributed by atoms with Crippen LogP contribution in [-0.2, 0) is 11.3 Å².